The van der Waals surface area contributed by atoms with Gasteiger partial charge in [0, 0.05) is 13.1 Å². The maximum Gasteiger partial charge on any atom is 0.411 e. The molecular weight excluding hydrogens is 625 g/mol. The molecule has 2 amide bonds. The minimum absolute atomic E-state index is 0.215. The Labute approximate surface area is 286 Å². The van der Waals surface area contributed by atoms with E-state index in [0.717, 1.165) is 63.0 Å². The van der Waals surface area contributed by atoms with Crippen molar-refractivity contribution in [2.45, 2.75) is 77.0 Å². The van der Waals surface area contributed by atoms with Gasteiger partial charge in [-0.2, -0.15) is 0 Å². The third-order valence-electron chi connectivity index (χ3n) is 8.08. The van der Waals surface area contributed by atoms with Crippen molar-refractivity contribution < 1.29 is 19.1 Å². The van der Waals surface area contributed by atoms with Crippen molar-refractivity contribution in [2.24, 2.45) is 0 Å². The molecule has 48 heavy (non-hydrogen) atoms. The van der Waals surface area contributed by atoms with Crippen LogP contribution in [0.15, 0.2) is 73.1 Å². The number of carbonyl (C=O) groups excluding carboxylic acids is 2. The Balaban J connectivity index is 1.12. The molecule has 2 N–H and O–H groups in total. The quantitative estimate of drug-likeness (QED) is 0.204. The van der Waals surface area contributed by atoms with E-state index in [0.29, 0.717) is 19.5 Å². The number of nitrogens with one attached hydrogen (secondary N) is 2. The summed E-state index contributed by atoms with van der Waals surface area (Å²) in [5, 5.41) is -0.215. The third kappa shape index (κ3) is 7.62. The molecule has 6 rings (SSSR count). The molecule has 0 aliphatic carbocycles. The zero-order valence-corrected chi connectivity index (χ0v) is 29.3. The summed E-state index contributed by atoms with van der Waals surface area (Å²) in [6, 6.07) is 16.4. The lowest BCUT2D eigenvalue weighted by Crippen LogP contribution is -2.41. The number of aromatic nitrogens is 4. The fraction of sp³-hybridized carbons (Fsp3) is 0.405. The number of hydrogen-bond donors (Lipinski definition) is 2. The highest BCUT2D eigenvalue weighted by Gasteiger charge is 2.37. The topological polar surface area (TPSA) is 116 Å². The van der Waals surface area contributed by atoms with E-state index >= 15 is 0 Å². The predicted molar refractivity (Wildman–Crippen MR) is 189 cm³/mol. The number of ether oxygens (including phenoxy) is 2. The van der Waals surface area contributed by atoms with Crippen LogP contribution >= 0.6 is 11.8 Å². The molecular formula is C37H44N6O4S. The first-order valence-electron chi connectivity index (χ1n) is 16.3. The molecule has 2 aliphatic heterocycles. The predicted octanol–water partition coefficient (Wildman–Crippen LogP) is 8.74. The van der Waals surface area contributed by atoms with Gasteiger partial charge in [-0.1, -0.05) is 60.7 Å². The number of H-pyrrole nitrogens is 2. The van der Waals surface area contributed by atoms with Gasteiger partial charge in [0.05, 0.1) is 29.8 Å². The van der Waals surface area contributed by atoms with Crippen molar-refractivity contribution in [1.82, 2.24) is 29.7 Å². The van der Waals surface area contributed by atoms with Gasteiger partial charge in [-0.15, -0.1) is 11.8 Å². The number of amides is 2. The Bertz CT molecular complexity index is 1780. The van der Waals surface area contributed by atoms with Crippen molar-refractivity contribution in [3.63, 3.8) is 0 Å². The van der Waals surface area contributed by atoms with Crippen molar-refractivity contribution in [1.29, 1.82) is 0 Å². The molecule has 0 bridgehead atoms. The molecule has 0 saturated carbocycles. The van der Waals surface area contributed by atoms with Crippen LogP contribution in [0.4, 0.5) is 9.59 Å². The van der Waals surface area contributed by atoms with Crippen molar-refractivity contribution >= 4 is 23.9 Å². The lowest BCUT2D eigenvalue weighted by atomic mass is 10.0. The van der Waals surface area contributed by atoms with Gasteiger partial charge in [-0.25, -0.2) is 19.6 Å². The fourth-order valence-corrected chi connectivity index (χ4v) is 7.04. The molecule has 10 nitrogen and oxygen atoms in total. The van der Waals surface area contributed by atoms with Crippen LogP contribution < -0.4 is 0 Å². The molecule has 4 aromatic rings. The summed E-state index contributed by atoms with van der Waals surface area (Å²) in [6.07, 6.45) is 4.53. The summed E-state index contributed by atoms with van der Waals surface area (Å²) in [5.41, 5.74) is 5.81. The zero-order chi connectivity index (χ0) is 34.2. The number of carbonyl (C=O) groups is 2. The number of rotatable bonds is 5. The van der Waals surface area contributed by atoms with Gasteiger partial charge < -0.3 is 19.4 Å². The summed E-state index contributed by atoms with van der Waals surface area (Å²) in [6.45, 7) is 16.4. The Morgan fingerprint density at radius 3 is 1.79 bits per heavy atom. The highest BCUT2D eigenvalue weighted by Crippen LogP contribution is 2.38. The first-order valence-corrected chi connectivity index (χ1v) is 17.4. The summed E-state index contributed by atoms with van der Waals surface area (Å²) in [7, 11) is 0. The molecule has 2 aliphatic rings. The van der Waals surface area contributed by atoms with Gasteiger partial charge in [-0.3, -0.25) is 9.80 Å². The van der Waals surface area contributed by atoms with Gasteiger partial charge in [-0.05, 0) is 82.4 Å². The average molecular weight is 669 g/mol. The molecule has 0 radical (unpaired) electrons. The summed E-state index contributed by atoms with van der Waals surface area (Å²) < 4.78 is 11.3. The van der Waals surface area contributed by atoms with E-state index in [1.807, 2.05) is 53.9 Å². The number of thioether (sulfide) groups is 1. The van der Waals surface area contributed by atoms with Crippen LogP contribution in [-0.2, 0) is 9.47 Å². The highest BCUT2D eigenvalue weighted by atomic mass is 32.2. The molecule has 4 heterocycles. The molecule has 2 atom stereocenters. The molecule has 2 aromatic heterocycles. The maximum atomic E-state index is 12.9. The van der Waals surface area contributed by atoms with E-state index in [2.05, 4.69) is 75.0 Å². The number of imidazole rings is 2. The second-order valence-electron chi connectivity index (χ2n) is 14.3. The van der Waals surface area contributed by atoms with E-state index in [1.54, 1.807) is 21.6 Å². The van der Waals surface area contributed by atoms with Gasteiger partial charge in [0.15, 0.2) is 0 Å². The van der Waals surface area contributed by atoms with Crippen LogP contribution in [0.2, 0.25) is 0 Å². The molecule has 2 aromatic carbocycles. The average Bonchev–Trinajstić information content (AvgIpc) is 3.80. The SMILES string of the molecule is C=C1C[C@@H](c2ncc(-c3ccc(-c4ccc(-c5cnc(C6SCCCN6C(=O)OC(C)(C)C)[nH]5)cc4)cc3)[nH]2)N(C(=O)OC(C)(C)C)C1. The molecule has 252 valence electrons. The number of hydrogen-bond acceptors (Lipinski definition) is 7. The van der Waals surface area contributed by atoms with Crippen LogP contribution in [0.25, 0.3) is 33.6 Å². The normalized spacial score (nSPS) is 18.7. The van der Waals surface area contributed by atoms with Gasteiger partial charge in [0.2, 0.25) is 0 Å². The molecule has 0 spiro atoms. The second-order valence-corrected chi connectivity index (χ2v) is 15.5. The Kier molecular flexibility index (Phi) is 9.17. The minimum atomic E-state index is -0.578. The summed E-state index contributed by atoms with van der Waals surface area (Å²) in [5.74, 6) is 2.42. The van der Waals surface area contributed by atoms with E-state index < -0.39 is 11.2 Å². The Hall–Kier alpha value is -4.51. The largest absolute Gasteiger partial charge is 0.444 e. The number of nitrogens with zero attached hydrogens (tertiary/aromatic N) is 4. The zero-order valence-electron chi connectivity index (χ0n) is 28.5. The molecule has 1 unspecified atom stereocenters. The van der Waals surface area contributed by atoms with E-state index in [-0.39, 0.29) is 23.6 Å². The lowest BCUT2D eigenvalue weighted by Gasteiger charge is -2.35. The van der Waals surface area contributed by atoms with E-state index in [1.165, 1.54) is 0 Å². The third-order valence-corrected chi connectivity index (χ3v) is 9.39. The van der Waals surface area contributed by atoms with E-state index in [9.17, 15) is 9.59 Å². The number of aromatic amines is 2. The van der Waals surface area contributed by atoms with Crippen LogP contribution in [0, 0.1) is 0 Å². The summed E-state index contributed by atoms with van der Waals surface area (Å²) in [4.78, 5) is 45.4. The van der Waals surface area contributed by atoms with Gasteiger partial charge in [0.1, 0.15) is 28.2 Å². The Morgan fingerprint density at radius 1 is 0.771 bits per heavy atom. The van der Waals surface area contributed by atoms with E-state index in [4.69, 9.17) is 9.47 Å². The van der Waals surface area contributed by atoms with Crippen LogP contribution in [0.5, 0.6) is 0 Å². The first-order chi connectivity index (χ1) is 22.7. The smallest absolute Gasteiger partial charge is 0.411 e. The standard InChI is InChI=1S/C37H44N6O4S/c1-23-19-30(43(22-23)35(45)47-37(5,6)7)31-38-20-28(40-31)26-13-9-24(10-14-26)25-11-15-27(16-12-25)29-21-39-32(41-29)33-42(17-8-18-48-33)34(44)46-36(2,3)4/h9-16,20-21,30,33H,1,8,17-19,22H2,2-7H3,(H,38,40)(H,39,41)/t30-,33?/m0/s1. The summed E-state index contributed by atoms with van der Waals surface area (Å²) >= 11 is 1.70. The molecule has 11 heteroatoms. The number of likely N-dealkylation sites (tertiary alicyclic amines) is 1. The second kappa shape index (κ2) is 13.2. The maximum absolute atomic E-state index is 12.9. The molecule has 2 fully saturated rings. The number of benzene rings is 2. The fourth-order valence-electron chi connectivity index (χ4n) is 5.87. The van der Waals surface area contributed by atoms with Crippen molar-refractivity contribution in [3.05, 3.63) is 84.7 Å². The van der Waals surface area contributed by atoms with Gasteiger partial charge >= 0.3 is 12.2 Å². The minimum Gasteiger partial charge on any atom is -0.444 e. The highest BCUT2D eigenvalue weighted by molar-refractivity contribution is 7.99. The first kappa shape index (κ1) is 33.4. The van der Waals surface area contributed by atoms with Crippen LogP contribution in [-0.4, -0.2) is 72.0 Å². The van der Waals surface area contributed by atoms with Crippen molar-refractivity contribution in [3.8, 4) is 33.6 Å². The van der Waals surface area contributed by atoms with Gasteiger partial charge in [0.25, 0.3) is 0 Å². The van der Waals surface area contributed by atoms with Crippen LogP contribution in [0.3, 0.4) is 0 Å². The molecule has 2 saturated heterocycles. The lowest BCUT2D eigenvalue weighted by molar-refractivity contribution is 0.0207. The Morgan fingerprint density at radius 2 is 1.25 bits per heavy atom. The monoisotopic (exact) mass is 668 g/mol. The van der Waals surface area contributed by atoms with Crippen LogP contribution in [0.1, 0.15) is 77.4 Å². The van der Waals surface area contributed by atoms with Crippen molar-refractivity contribution in [2.75, 3.05) is 18.8 Å².